The van der Waals surface area contributed by atoms with E-state index in [9.17, 15) is 0 Å². The molecule has 3 aromatic heterocycles. The minimum Gasteiger partial charge on any atom is -0.301 e. The lowest BCUT2D eigenvalue weighted by Crippen LogP contribution is -2.03. The third-order valence-corrected chi connectivity index (χ3v) is 3.53. The van der Waals surface area contributed by atoms with Crippen molar-refractivity contribution in [1.82, 2.24) is 24.1 Å². The van der Waals surface area contributed by atoms with Gasteiger partial charge in [-0.3, -0.25) is 0 Å². The molecule has 0 radical (unpaired) electrons. The molecule has 1 aliphatic carbocycles. The Morgan fingerprint density at radius 3 is 3.00 bits per heavy atom. The Hall–Kier alpha value is -1.69. The summed E-state index contributed by atoms with van der Waals surface area (Å²) in [6, 6.07) is 2.07. The van der Waals surface area contributed by atoms with Crippen molar-refractivity contribution in [3.63, 3.8) is 0 Å². The van der Waals surface area contributed by atoms with E-state index in [0.29, 0.717) is 5.92 Å². The second-order valence-electron chi connectivity index (χ2n) is 4.50. The van der Waals surface area contributed by atoms with Gasteiger partial charge in [0, 0.05) is 30.7 Å². The Morgan fingerprint density at radius 1 is 1.28 bits per heavy atom. The second kappa shape index (κ2) is 3.65. The van der Waals surface area contributed by atoms with E-state index in [0.717, 1.165) is 21.8 Å². The zero-order valence-corrected chi connectivity index (χ0v) is 11.1. The topological polar surface area (TPSA) is 48.0 Å². The van der Waals surface area contributed by atoms with Gasteiger partial charge in [-0.2, -0.15) is 5.10 Å². The Balaban J connectivity index is 1.91. The van der Waals surface area contributed by atoms with Crippen LogP contribution in [0.1, 0.15) is 24.5 Å². The first kappa shape index (κ1) is 10.3. The molecule has 6 heteroatoms. The van der Waals surface area contributed by atoms with Crippen LogP contribution in [0.3, 0.4) is 0 Å². The van der Waals surface area contributed by atoms with Crippen LogP contribution in [0.25, 0.3) is 11.5 Å². The summed E-state index contributed by atoms with van der Waals surface area (Å²) in [4.78, 5) is 8.80. The van der Waals surface area contributed by atoms with Gasteiger partial charge < -0.3 is 4.40 Å². The van der Waals surface area contributed by atoms with Crippen LogP contribution in [-0.2, 0) is 0 Å². The first-order chi connectivity index (χ1) is 8.81. The number of hydrogen-bond donors (Lipinski definition) is 0. The summed E-state index contributed by atoms with van der Waals surface area (Å²) in [6.07, 6.45) is 10.0. The van der Waals surface area contributed by atoms with Crippen molar-refractivity contribution in [1.29, 1.82) is 0 Å². The van der Waals surface area contributed by atoms with Crippen molar-refractivity contribution in [2.45, 2.75) is 18.8 Å². The summed E-state index contributed by atoms with van der Waals surface area (Å²) >= 11 is 3.41. The second-order valence-corrected chi connectivity index (χ2v) is 5.32. The summed E-state index contributed by atoms with van der Waals surface area (Å²) in [5.41, 5.74) is 1.96. The van der Waals surface area contributed by atoms with Crippen LogP contribution in [0.2, 0.25) is 0 Å². The lowest BCUT2D eigenvalue weighted by atomic mass is 10.3. The van der Waals surface area contributed by atoms with Gasteiger partial charge >= 0.3 is 0 Å². The molecule has 1 aliphatic rings. The highest BCUT2D eigenvalue weighted by Gasteiger charge is 2.26. The highest BCUT2D eigenvalue weighted by molar-refractivity contribution is 9.10. The van der Waals surface area contributed by atoms with Gasteiger partial charge in [0.15, 0.2) is 11.5 Å². The molecule has 3 heterocycles. The molecule has 3 aromatic rings. The third kappa shape index (κ3) is 1.56. The number of aromatic nitrogens is 5. The molecule has 1 fully saturated rings. The van der Waals surface area contributed by atoms with Gasteiger partial charge in [-0.25, -0.2) is 14.6 Å². The zero-order valence-electron chi connectivity index (χ0n) is 9.49. The molecule has 0 aromatic carbocycles. The Bertz CT molecular complexity index is 725. The van der Waals surface area contributed by atoms with Crippen molar-refractivity contribution in [3.05, 3.63) is 41.2 Å². The normalized spacial score (nSPS) is 15.4. The fourth-order valence-electron chi connectivity index (χ4n) is 2.09. The number of fused-ring (bicyclic) bond motifs is 1. The molecule has 0 amide bonds. The van der Waals surface area contributed by atoms with Gasteiger partial charge in [0.1, 0.15) is 4.60 Å². The Kier molecular flexibility index (Phi) is 2.08. The zero-order chi connectivity index (χ0) is 12.1. The van der Waals surface area contributed by atoms with E-state index in [4.69, 9.17) is 0 Å². The number of imidazole rings is 1. The van der Waals surface area contributed by atoms with Gasteiger partial charge in [0.05, 0.1) is 5.69 Å². The summed E-state index contributed by atoms with van der Waals surface area (Å²) in [6.45, 7) is 0. The number of nitrogens with zero attached hydrogens (tertiary/aromatic N) is 5. The minimum absolute atomic E-state index is 0.647. The molecule has 90 valence electrons. The molecule has 0 unspecified atom stereocenters. The predicted molar refractivity (Wildman–Crippen MR) is 69.8 cm³/mol. The highest BCUT2D eigenvalue weighted by atomic mass is 79.9. The van der Waals surface area contributed by atoms with Crippen LogP contribution in [0.15, 0.2) is 35.5 Å². The lowest BCUT2D eigenvalue weighted by molar-refractivity contribution is 0.806. The molecule has 0 N–H and O–H groups in total. The predicted octanol–water partition coefficient (Wildman–Crippen LogP) is 2.55. The SMILES string of the molecule is Brc1cn2ccnc2c(-n2ccc(C3CC3)n2)n1. The van der Waals surface area contributed by atoms with Crippen molar-refractivity contribution < 1.29 is 0 Å². The third-order valence-electron chi connectivity index (χ3n) is 3.15. The van der Waals surface area contributed by atoms with E-state index in [1.807, 2.05) is 23.0 Å². The molecular formula is C12H10BrN5. The van der Waals surface area contributed by atoms with Crippen LogP contribution in [0.5, 0.6) is 0 Å². The van der Waals surface area contributed by atoms with Gasteiger partial charge in [-0.1, -0.05) is 0 Å². The van der Waals surface area contributed by atoms with Gasteiger partial charge in [-0.05, 0) is 34.8 Å². The minimum atomic E-state index is 0.647. The first-order valence-corrected chi connectivity index (χ1v) is 6.66. The van der Waals surface area contributed by atoms with E-state index < -0.39 is 0 Å². The molecule has 0 aliphatic heterocycles. The molecule has 5 nitrogen and oxygen atoms in total. The lowest BCUT2D eigenvalue weighted by Gasteiger charge is -2.03. The van der Waals surface area contributed by atoms with Crippen LogP contribution < -0.4 is 0 Å². The van der Waals surface area contributed by atoms with Crippen LogP contribution in [0, 0.1) is 0 Å². The van der Waals surface area contributed by atoms with E-state index in [-0.39, 0.29) is 0 Å². The highest BCUT2D eigenvalue weighted by Crippen LogP contribution is 2.39. The molecule has 0 saturated heterocycles. The van der Waals surface area contributed by atoms with E-state index in [2.05, 4.69) is 37.1 Å². The molecule has 4 rings (SSSR count). The Labute approximate surface area is 112 Å². The van der Waals surface area contributed by atoms with Gasteiger partial charge in [0.25, 0.3) is 0 Å². The fraction of sp³-hybridized carbons (Fsp3) is 0.250. The number of halogens is 1. The fourth-order valence-corrected chi connectivity index (χ4v) is 2.48. The summed E-state index contributed by atoms with van der Waals surface area (Å²) in [5, 5.41) is 4.59. The van der Waals surface area contributed by atoms with Crippen molar-refractivity contribution in [3.8, 4) is 5.82 Å². The van der Waals surface area contributed by atoms with Gasteiger partial charge in [-0.15, -0.1) is 0 Å². The molecule has 0 spiro atoms. The summed E-state index contributed by atoms with van der Waals surface area (Å²) < 4.78 is 4.51. The van der Waals surface area contributed by atoms with Crippen LogP contribution in [-0.4, -0.2) is 24.1 Å². The van der Waals surface area contributed by atoms with Gasteiger partial charge in [0.2, 0.25) is 0 Å². The van der Waals surface area contributed by atoms with E-state index >= 15 is 0 Å². The molecule has 18 heavy (non-hydrogen) atoms. The maximum atomic E-state index is 4.59. The van der Waals surface area contributed by atoms with Crippen LogP contribution >= 0.6 is 15.9 Å². The number of rotatable bonds is 2. The van der Waals surface area contributed by atoms with Crippen molar-refractivity contribution >= 4 is 21.6 Å². The quantitative estimate of drug-likeness (QED) is 0.731. The maximum absolute atomic E-state index is 4.59. The maximum Gasteiger partial charge on any atom is 0.198 e. The first-order valence-electron chi connectivity index (χ1n) is 5.86. The molecule has 1 saturated carbocycles. The van der Waals surface area contributed by atoms with Crippen LogP contribution in [0.4, 0.5) is 0 Å². The van der Waals surface area contributed by atoms with E-state index in [1.54, 1.807) is 10.9 Å². The average molecular weight is 304 g/mol. The molecule has 0 bridgehead atoms. The van der Waals surface area contributed by atoms with Crippen molar-refractivity contribution in [2.24, 2.45) is 0 Å². The standard InChI is InChI=1S/C12H10BrN5/c13-10-7-17-6-4-14-11(17)12(15-10)18-5-3-9(16-18)8-1-2-8/h3-8H,1-2H2. The number of hydrogen-bond acceptors (Lipinski definition) is 3. The van der Waals surface area contributed by atoms with Crippen molar-refractivity contribution in [2.75, 3.05) is 0 Å². The average Bonchev–Trinajstić information content (AvgIpc) is 2.91. The summed E-state index contributed by atoms with van der Waals surface area (Å²) in [7, 11) is 0. The summed E-state index contributed by atoms with van der Waals surface area (Å²) in [5.74, 6) is 1.40. The molecular weight excluding hydrogens is 294 g/mol. The van der Waals surface area contributed by atoms with E-state index in [1.165, 1.54) is 12.8 Å². The largest absolute Gasteiger partial charge is 0.301 e. The molecule has 0 atom stereocenters. The smallest absolute Gasteiger partial charge is 0.198 e. The Morgan fingerprint density at radius 2 is 2.17 bits per heavy atom. The monoisotopic (exact) mass is 303 g/mol.